The molecule has 1 aromatic carbocycles. The Morgan fingerprint density at radius 3 is 2.65 bits per heavy atom. The number of rotatable bonds is 3. The number of carbonyl (C=O) groups excluding carboxylic acids is 2. The van der Waals surface area contributed by atoms with Crippen LogP contribution in [0.1, 0.15) is 10.4 Å². The van der Waals surface area contributed by atoms with Crippen molar-refractivity contribution in [2.24, 2.45) is 11.5 Å². The zero-order valence-corrected chi connectivity index (χ0v) is 10.6. The van der Waals surface area contributed by atoms with Crippen LogP contribution < -0.4 is 22.1 Å². The highest BCUT2D eigenvalue weighted by molar-refractivity contribution is 5.99. The summed E-state index contributed by atoms with van der Waals surface area (Å²) in [6.45, 7) is 0.650. The molecule has 0 bridgehead atoms. The fourth-order valence-electron chi connectivity index (χ4n) is 2.14. The van der Waals surface area contributed by atoms with Crippen molar-refractivity contribution in [3.63, 3.8) is 0 Å². The highest BCUT2D eigenvalue weighted by Crippen LogP contribution is 2.28. The van der Waals surface area contributed by atoms with Gasteiger partial charge in [-0.1, -0.05) is 0 Å². The third-order valence-electron chi connectivity index (χ3n) is 3.15. The molecule has 1 aliphatic heterocycles. The Morgan fingerprint density at radius 1 is 1.35 bits per heavy atom. The SMILES string of the molecule is NC(=O)c1cc(N2CCOCC2C(N)=O)c(F)cc1N. The lowest BCUT2D eigenvalue weighted by Crippen LogP contribution is -2.53. The number of hydrogen-bond donors (Lipinski definition) is 3. The van der Waals surface area contributed by atoms with Crippen LogP contribution in [0.3, 0.4) is 0 Å². The Hall–Kier alpha value is -2.35. The Bertz CT molecular complexity index is 564. The van der Waals surface area contributed by atoms with Crippen molar-refractivity contribution in [3.8, 4) is 0 Å². The van der Waals surface area contributed by atoms with Gasteiger partial charge in [-0.2, -0.15) is 0 Å². The van der Waals surface area contributed by atoms with E-state index in [0.29, 0.717) is 6.61 Å². The molecule has 2 amide bonds. The fourth-order valence-corrected chi connectivity index (χ4v) is 2.14. The van der Waals surface area contributed by atoms with E-state index in [-0.39, 0.29) is 30.1 Å². The quantitative estimate of drug-likeness (QED) is 0.626. The van der Waals surface area contributed by atoms with Crippen LogP contribution in [0.2, 0.25) is 0 Å². The lowest BCUT2D eigenvalue weighted by molar-refractivity contribution is -0.121. The molecular weight excluding hydrogens is 267 g/mol. The van der Waals surface area contributed by atoms with Crippen molar-refractivity contribution in [1.29, 1.82) is 0 Å². The third-order valence-corrected chi connectivity index (χ3v) is 3.15. The molecule has 1 heterocycles. The van der Waals surface area contributed by atoms with Gasteiger partial charge < -0.3 is 26.8 Å². The minimum Gasteiger partial charge on any atom is -0.398 e. The summed E-state index contributed by atoms with van der Waals surface area (Å²) < 4.78 is 19.2. The number of halogens is 1. The predicted octanol–water partition coefficient (Wildman–Crippen LogP) is -0.803. The van der Waals surface area contributed by atoms with Crippen LogP contribution in [0.5, 0.6) is 0 Å². The molecule has 1 aromatic rings. The number of primary amides is 2. The standard InChI is InChI=1S/C12H15FN4O3/c13-7-4-8(14)6(11(15)18)3-9(7)17-1-2-20-5-10(17)12(16)19/h3-4,10H,1-2,5,14H2,(H2,15,18)(H2,16,19). The monoisotopic (exact) mass is 282 g/mol. The smallest absolute Gasteiger partial charge is 0.250 e. The van der Waals surface area contributed by atoms with Gasteiger partial charge in [-0.25, -0.2) is 4.39 Å². The number of carbonyl (C=O) groups is 2. The van der Waals surface area contributed by atoms with E-state index in [1.54, 1.807) is 0 Å². The molecular formula is C12H15FN4O3. The van der Waals surface area contributed by atoms with Crippen LogP contribution >= 0.6 is 0 Å². The van der Waals surface area contributed by atoms with Crippen LogP contribution in [-0.2, 0) is 9.53 Å². The van der Waals surface area contributed by atoms with Gasteiger partial charge in [0.15, 0.2) is 0 Å². The van der Waals surface area contributed by atoms with Gasteiger partial charge in [-0.15, -0.1) is 0 Å². The second-order valence-electron chi connectivity index (χ2n) is 4.44. The largest absolute Gasteiger partial charge is 0.398 e. The number of nitrogen functional groups attached to an aromatic ring is 1. The summed E-state index contributed by atoms with van der Waals surface area (Å²) in [7, 11) is 0. The summed E-state index contributed by atoms with van der Waals surface area (Å²) in [6.07, 6.45) is 0. The minimum atomic E-state index is -0.803. The van der Waals surface area contributed by atoms with E-state index in [2.05, 4.69) is 0 Å². The van der Waals surface area contributed by atoms with Crippen LogP contribution in [0, 0.1) is 5.82 Å². The average Bonchev–Trinajstić information content (AvgIpc) is 2.38. The van der Waals surface area contributed by atoms with Gasteiger partial charge >= 0.3 is 0 Å². The number of amides is 2. The molecule has 6 N–H and O–H groups in total. The molecule has 0 spiro atoms. The summed E-state index contributed by atoms with van der Waals surface area (Å²) in [5, 5.41) is 0. The third kappa shape index (κ3) is 2.50. The lowest BCUT2D eigenvalue weighted by Gasteiger charge is -2.35. The number of benzene rings is 1. The first kappa shape index (κ1) is 14.1. The van der Waals surface area contributed by atoms with E-state index in [4.69, 9.17) is 21.9 Å². The van der Waals surface area contributed by atoms with E-state index in [0.717, 1.165) is 6.07 Å². The molecule has 1 atom stereocenters. The highest BCUT2D eigenvalue weighted by Gasteiger charge is 2.30. The van der Waals surface area contributed by atoms with E-state index >= 15 is 0 Å². The maximum Gasteiger partial charge on any atom is 0.250 e. The van der Waals surface area contributed by atoms with Crippen LogP contribution in [0.15, 0.2) is 12.1 Å². The zero-order valence-electron chi connectivity index (χ0n) is 10.6. The molecule has 8 heteroatoms. The van der Waals surface area contributed by atoms with Crippen molar-refractivity contribution >= 4 is 23.2 Å². The Labute approximate surface area is 114 Å². The molecule has 2 rings (SSSR count). The molecule has 108 valence electrons. The molecule has 7 nitrogen and oxygen atoms in total. The van der Waals surface area contributed by atoms with E-state index in [9.17, 15) is 14.0 Å². The molecule has 1 fully saturated rings. The maximum atomic E-state index is 14.0. The number of anilines is 2. The minimum absolute atomic E-state index is 0.00360. The second kappa shape index (κ2) is 5.33. The summed E-state index contributed by atoms with van der Waals surface area (Å²) in [5.74, 6) is -2.06. The van der Waals surface area contributed by atoms with Crippen molar-refractivity contribution in [3.05, 3.63) is 23.5 Å². The van der Waals surface area contributed by atoms with E-state index in [1.807, 2.05) is 0 Å². The number of nitrogens with two attached hydrogens (primary N) is 3. The molecule has 20 heavy (non-hydrogen) atoms. The molecule has 0 aliphatic carbocycles. The summed E-state index contributed by atoms with van der Waals surface area (Å²) >= 11 is 0. The van der Waals surface area contributed by atoms with Crippen molar-refractivity contribution in [2.75, 3.05) is 30.4 Å². The molecule has 1 saturated heterocycles. The first-order valence-electron chi connectivity index (χ1n) is 5.94. The highest BCUT2D eigenvalue weighted by atomic mass is 19.1. The van der Waals surface area contributed by atoms with Gasteiger partial charge in [0, 0.05) is 12.2 Å². The van der Waals surface area contributed by atoms with Crippen molar-refractivity contribution in [1.82, 2.24) is 0 Å². The van der Waals surface area contributed by atoms with Crippen molar-refractivity contribution < 1.29 is 18.7 Å². The number of morpholine rings is 1. The number of hydrogen-bond acceptors (Lipinski definition) is 5. The Kier molecular flexibility index (Phi) is 3.75. The first-order valence-corrected chi connectivity index (χ1v) is 5.94. The Balaban J connectivity index is 2.47. The summed E-state index contributed by atoms with van der Waals surface area (Å²) in [5.41, 5.74) is 16.0. The fraction of sp³-hybridized carbons (Fsp3) is 0.333. The van der Waals surface area contributed by atoms with Gasteiger partial charge in [0.1, 0.15) is 11.9 Å². The second-order valence-corrected chi connectivity index (χ2v) is 4.44. The van der Waals surface area contributed by atoms with E-state index in [1.165, 1.54) is 11.0 Å². The molecule has 1 unspecified atom stereocenters. The molecule has 0 aromatic heterocycles. The number of ether oxygens (including phenoxy) is 1. The van der Waals surface area contributed by atoms with Crippen molar-refractivity contribution in [2.45, 2.75) is 6.04 Å². The maximum absolute atomic E-state index is 14.0. The topological polar surface area (TPSA) is 125 Å². The predicted molar refractivity (Wildman–Crippen MR) is 70.5 cm³/mol. The average molecular weight is 282 g/mol. The molecule has 0 saturated carbocycles. The lowest BCUT2D eigenvalue weighted by atomic mass is 10.1. The zero-order chi connectivity index (χ0) is 14.9. The van der Waals surface area contributed by atoms with Crippen LogP contribution in [0.4, 0.5) is 15.8 Å². The van der Waals surface area contributed by atoms with Gasteiger partial charge in [0.25, 0.3) is 5.91 Å². The van der Waals surface area contributed by atoms with Gasteiger partial charge in [-0.3, -0.25) is 9.59 Å². The molecule has 0 radical (unpaired) electrons. The van der Waals surface area contributed by atoms with Gasteiger partial charge in [-0.05, 0) is 12.1 Å². The summed E-state index contributed by atoms with van der Waals surface area (Å²) in [6, 6.07) is 1.43. The van der Waals surface area contributed by atoms with Gasteiger partial charge in [0.2, 0.25) is 5.91 Å². The van der Waals surface area contributed by atoms with Crippen LogP contribution in [0.25, 0.3) is 0 Å². The Morgan fingerprint density at radius 2 is 2.05 bits per heavy atom. The first-order chi connectivity index (χ1) is 9.41. The summed E-state index contributed by atoms with van der Waals surface area (Å²) in [4.78, 5) is 24.1. The number of nitrogens with zero attached hydrogens (tertiary/aromatic N) is 1. The van der Waals surface area contributed by atoms with Gasteiger partial charge in [0.05, 0.1) is 24.5 Å². The van der Waals surface area contributed by atoms with Crippen LogP contribution in [-0.4, -0.2) is 37.6 Å². The molecule has 1 aliphatic rings. The van der Waals surface area contributed by atoms with E-state index < -0.39 is 23.7 Å². The normalized spacial score (nSPS) is 18.9.